The second-order valence-electron chi connectivity index (χ2n) is 6.42. The van der Waals surface area contributed by atoms with E-state index < -0.39 is 0 Å². The first-order valence-corrected chi connectivity index (χ1v) is 8.82. The molecule has 1 aliphatic rings. The lowest BCUT2D eigenvalue weighted by Crippen LogP contribution is -2.34. The standard InChI is InChI=1S/C16H22N4O2S.ClH/c1-16(10-17)7-8-20(11-16)14(21)6-2-5-13-18-15(19-22-13)12-4-3-9-23-12;/h3-4,9H,2,5-8,10-11,17H2,1H3;1H. The molecule has 8 heteroatoms. The van der Waals surface area contributed by atoms with Crippen LogP contribution in [-0.2, 0) is 11.2 Å². The maximum Gasteiger partial charge on any atom is 0.226 e. The zero-order chi connectivity index (χ0) is 16.3. The van der Waals surface area contributed by atoms with Crippen LogP contribution in [0.3, 0.4) is 0 Å². The van der Waals surface area contributed by atoms with E-state index in [1.807, 2.05) is 22.4 Å². The summed E-state index contributed by atoms with van der Waals surface area (Å²) in [7, 11) is 0. The summed E-state index contributed by atoms with van der Waals surface area (Å²) in [4.78, 5) is 19.5. The van der Waals surface area contributed by atoms with Gasteiger partial charge in [0.25, 0.3) is 0 Å². The highest BCUT2D eigenvalue weighted by atomic mass is 35.5. The van der Waals surface area contributed by atoms with Crippen molar-refractivity contribution in [1.29, 1.82) is 0 Å². The number of rotatable bonds is 6. The van der Waals surface area contributed by atoms with Crippen LogP contribution in [0.1, 0.15) is 32.1 Å². The van der Waals surface area contributed by atoms with E-state index in [2.05, 4.69) is 17.1 Å². The number of nitrogens with two attached hydrogens (primary N) is 1. The van der Waals surface area contributed by atoms with Gasteiger partial charge >= 0.3 is 0 Å². The van der Waals surface area contributed by atoms with E-state index >= 15 is 0 Å². The summed E-state index contributed by atoms with van der Waals surface area (Å²) < 4.78 is 5.25. The van der Waals surface area contributed by atoms with Crippen molar-refractivity contribution in [2.75, 3.05) is 19.6 Å². The van der Waals surface area contributed by atoms with Gasteiger partial charge in [-0.25, -0.2) is 0 Å². The first kappa shape index (κ1) is 18.9. The lowest BCUT2D eigenvalue weighted by molar-refractivity contribution is -0.130. The van der Waals surface area contributed by atoms with Gasteiger partial charge in [-0.2, -0.15) is 4.98 Å². The van der Waals surface area contributed by atoms with Gasteiger partial charge in [0.05, 0.1) is 4.88 Å². The molecule has 2 aromatic rings. The molecule has 3 heterocycles. The Bertz CT molecular complexity index is 661. The van der Waals surface area contributed by atoms with Crippen LogP contribution in [0.4, 0.5) is 0 Å². The highest BCUT2D eigenvalue weighted by Gasteiger charge is 2.34. The lowest BCUT2D eigenvalue weighted by Gasteiger charge is -2.22. The number of thiophene rings is 1. The minimum absolute atomic E-state index is 0. The highest BCUT2D eigenvalue weighted by Crippen LogP contribution is 2.29. The second kappa shape index (κ2) is 8.09. The molecule has 0 aliphatic carbocycles. The fourth-order valence-electron chi connectivity index (χ4n) is 2.81. The van der Waals surface area contributed by atoms with Crippen molar-refractivity contribution in [1.82, 2.24) is 15.0 Å². The third kappa shape index (κ3) is 4.34. The van der Waals surface area contributed by atoms with Gasteiger partial charge in [0.2, 0.25) is 17.6 Å². The van der Waals surface area contributed by atoms with Crippen LogP contribution in [0.15, 0.2) is 22.0 Å². The van der Waals surface area contributed by atoms with E-state index in [9.17, 15) is 4.79 Å². The molecule has 0 saturated carbocycles. The molecule has 3 rings (SSSR count). The van der Waals surface area contributed by atoms with Crippen molar-refractivity contribution in [3.05, 3.63) is 23.4 Å². The van der Waals surface area contributed by atoms with Crippen molar-refractivity contribution < 1.29 is 9.32 Å². The molecule has 1 unspecified atom stereocenters. The van der Waals surface area contributed by atoms with Gasteiger partial charge in [-0.3, -0.25) is 4.79 Å². The maximum absolute atomic E-state index is 12.3. The Morgan fingerprint density at radius 1 is 1.54 bits per heavy atom. The average Bonchev–Trinajstić information content (AvgIpc) is 3.27. The number of aryl methyl sites for hydroxylation is 1. The van der Waals surface area contributed by atoms with Gasteiger partial charge < -0.3 is 15.2 Å². The quantitative estimate of drug-likeness (QED) is 0.844. The van der Waals surface area contributed by atoms with Crippen LogP contribution in [0.2, 0.25) is 0 Å². The molecule has 0 aromatic carbocycles. The third-order valence-corrected chi connectivity index (χ3v) is 5.26. The summed E-state index contributed by atoms with van der Waals surface area (Å²) in [6.45, 7) is 4.36. The number of likely N-dealkylation sites (tertiary alicyclic amines) is 1. The lowest BCUT2D eigenvalue weighted by atomic mass is 9.90. The van der Waals surface area contributed by atoms with Gasteiger partial charge in [0.1, 0.15) is 0 Å². The monoisotopic (exact) mass is 370 g/mol. The summed E-state index contributed by atoms with van der Waals surface area (Å²) in [6, 6.07) is 3.92. The molecule has 1 aliphatic heterocycles. The Hall–Kier alpha value is -1.44. The number of aromatic nitrogens is 2. The van der Waals surface area contributed by atoms with E-state index in [-0.39, 0.29) is 23.7 Å². The molecule has 0 radical (unpaired) electrons. The largest absolute Gasteiger partial charge is 0.342 e. The average molecular weight is 371 g/mol. The molecular formula is C16H23ClN4O2S. The van der Waals surface area contributed by atoms with E-state index in [1.165, 1.54) is 0 Å². The Morgan fingerprint density at radius 2 is 2.38 bits per heavy atom. The van der Waals surface area contributed by atoms with Gasteiger partial charge in [-0.15, -0.1) is 23.7 Å². The summed E-state index contributed by atoms with van der Waals surface area (Å²) >= 11 is 1.58. The smallest absolute Gasteiger partial charge is 0.226 e. The Balaban J connectivity index is 0.00000208. The summed E-state index contributed by atoms with van der Waals surface area (Å²) in [5.74, 6) is 1.41. The number of amides is 1. The van der Waals surface area contributed by atoms with Crippen LogP contribution >= 0.6 is 23.7 Å². The topological polar surface area (TPSA) is 85.2 Å². The van der Waals surface area contributed by atoms with Crippen LogP contribution in [0.25, 0.3) is 10.7 Å². The van der Waals surface area contributed by atoms with Crippen molar-refractivity contribution in [2.45, 2.75) is 32.6 Å². The summed E-state index contributed by atoms with van der Waals surface area (Å²) in [5.41, 5.74) is 5.87. The van der Waals surface area contributed by atoms with Crippen molar-refractivity contribution >= 4 is 29.7 Å². The SMILES string of the molecule is CC1(CN)CCN(C(=O)CCCc2nc(-c3cccs3)no2)C1.Cl. The predicted octanol–water partition coefficient (Wildman–Crippen LogP) is 2.74. The first-order valence-electron chi connectivity index (χ1n) is 7.94. The molecular weight excluding hydrogens is 348 g/mol. The van der Waals surface area contributed by atoms with Crippen molar-refractivity contribution in [2.24, 2.45) is 11.1 Å². The number of nitrogens with zero attached hydrogens (tertiary/aromatic N) is 3. The predicted molar refractivity (Wildman–Crippen MR) is 96.2 cm³/mol. The number of halogens is 1. The Morgan fingerprint density at radius 3 is 3.04 bits per heavy atom. The Kier molecular flexibility index (Phi) is 6.37. The number of carbonyl (C=O) groups excluding carboxylic acids is 1. The van der Waals surface area contributed by atoms with E-state index in [0.29, 0.717) is 31.1 Å². The van der Waals surface area contributed by atoms with Crippen molar-refractivity contribution in [3.8, 4) is 10.7 Å². The van der Waals surface area contributed by atoms with Crippen LogP contribution in [0.5, 0.6) is 0 Å². The molecule has 6 nitrogen and oxygen atoms in total. The van der Waals surface area contributed by atoms with E-state index in [1.54, 1.807) is 11.3 Å². The van der Waals surface area contributed by atoms with Crippen LogP contribution < -0.4 is 5.73 Å². The molecule has 0 spiro atoms. The Labute approximate surface area is 151 Å². The highest BCUT2D eigenvalue weighted by molar-refractivity contribution is 7.13. The third-order valence-electron chi connectivity index (χ3n) is 4.39. The molecule has 1 atom stereocenters. The fraction of sp³-hybridized carbons (Fsp3) is 0.562. The number of carbonyl (C=O) groups is 1. The second-order valence-corrected chi connectivity index (χ2v) is 7.37. The van der Waals surface area contributed by atoms with Gasteiger partial charge in [0.15, 0.2) is 0 Å². The first-order chi connectivity index (χ1) is 11.1. The molecule has 1 amide bonds. The maximum atomic E-state index is 12.3. The molecule has 0 bridgehead atoms. The van der Waals surface area contributed by atoms with E-state index in [4.69, 9.17) is 10.3 Å². The molecule has 2 aromatic heterocycles. The van der Waals surface area contributed by atoms with Gasteiger partial charge in [-0.1, -0.05) is 18.1 Å². The molecule has 1 fully saturated rings. The zero-order valence-corrected chi connectivity index (χ0v) is 15.4. The normalized spacial score (nSPS) is 20.2. The zero-order valence-electron chi connectivity index (χ0n) is 13.7. The minimum Gasteiger partial charge on any atom is -0.342 e. The molecule has 1 saturated heterocycles. The molecule has 24 heavy (non-hydrogen) atoms. The summed E-state index contributed by atoms with van der Waals surface area (Å²) in [6.07, 6.45) is 2.85. The van der Waals surface area contributed by atoms with Crippen molar-refractivity contribution in [3.63, 3.8) is 0 Å². The molecule has 2 N–H and O–H groups in total. The van der Waals surface area contributed by atoms with Crippen LogP contribution in [-0.4, -0.2) is 40.6 Å². The fourth-order valence-corrected chi connectivity index (χ4v) is 3.46. The number of hydrogen-bond acceptors (Lipinski definition) is 6. The van der Waals surface area contributed by atoms with Gasteiger partial charge in [-0.05, 0) is 36.2 Å². The van der Waals surface area contributed by atoms with E-state index in [0.717, 1.165) is 30.8 Å². The molecule has 132 valence electrons. The summed E-state index contributed by atoms with van der Waals surface area (Å²) in [5, 5.41) is 5.96. The van der Waals surface area contributed by atoms with Gasteiger partial charge in [0, 0.05) is 25.9 Å². The minimum atomic E-state index is 0. The number of hydrogen-bond donors (Lipinski definition) is 1. The van der Waals surface area contributed by atoms with Crippen LogP contribution in [0, 0.1) is 5.41 Å².